The molecule has 8 rings (SSSR count). The molecule has 0 spiro atoms. The van der Waals surface area contributed by atoms with E-state index in [4.69, 9.17) is 22.7 Å². The van der Waals surface area contributed by atoms with Crippen molar-refractivity contribution in [3.8, 4) is 0 Å². The summed E-state index contributed by atoms with van der Waals surface area (Å²) in [6.45, 7) is -1.69. The van der Waals surface area contributed by atoms with E-state index >= 15 is 0 Å². The van der Waals surface area contributed by atoms with E-state index in [0.29, 0.717) is 5.56 Å². The summed E-state index contributed by atoms with van der Waals surface area (Å²) in [6.07, 6.45) is -2.42. The van der Waals surface area contributed by atoms with E-state index in [2.05, 4.69) is 57.5 Å². The summed E-state index contributed by atoms with van der Waals surface area (Å²) in [5.41, 5.74) is 0.187. The van der Waals surface area contributed by atoms with Gasteiger partial charge in [0.15, 0.2) is 34.4 Å². The molecule has 3 saturated heterocycles. The molecule has 3 aliphatic rings. The Morgan fingerprint density at radius 1 is 0.964 bits per heavy atom. The summed E-state index contributed by atoms with van der Waals surface area (Å²) in [5, 5.41) is 5.26. The largest absolute Gasteiger partial charge is 0.386 e. The highest BCUT2D eigenvalue weighted by molar-refractivity contribution is 8.44. The fourth-order valence-corrected chi connectivity index (χ4v) is 8.90. The lowest BCUT2D eigenvalue weighted by Crippen LogP contribution is -2.38. The fourth-order valence-electron chi connectivity index (χ4n) is 6.43. The number of nitrogens with one attached hydrogen (secondary N) is 4. The Kier molecular flexibility index (Phi) is 10.3. The molecule has 0 aliphatic carbocycles. The van der Waals surface area contributed by atoms with Crippen LogP contribution >= 0.6 is 19.0 Å². The van der Waals surface area contributed by atoms with Crippen LogP contribution in [0.2, 0.25) is 0 Å². The number of hydrogen-bond acceptors (Lipinski definition) is 16. The maximum atomic E-state index is 13.8. The predicted molar refractivity (Wildman–Crippen MR) is 198 cm³/mol. The number of thiol groups is 1. The van der Waals surface area contributed by atoms with Crippen molar-refractivity contribution in [2.75, 3.05) is 23.8 Å². The lowest BCUT2D eigenvalue weighted by atomic mass is 10.2. The minimum Gasteiger partial charge on any atom is -0.350 e. The van der Waals surface area contributed by atoms with Crippen LogP contribution in [-0.2, 0) is 42.4 Å². The van der Waals surface area contributed by atoms with E-state index in [0.717, 1.165) is 0 Å². The van der Waals surface area contributed by atoms with Crippen LogP contribution in [0.4, 0.5) is 11.8 Å². The molecule has 1 aromatic carbocycles. The smallest absolute Gasteiger partial charge is 0.350 e. The summed E-state index contributed by atoms with van der Waals surface area (Å²) >= 11 is 4.21. The standard InChI is InChI=1S/C31H34N11O11PS2/c1-15(2)27(43)39-31-38-26-23(29(45)40-31)35-14-42(26)30-19-8-17(50-30)10-36-56(47,48)53-18-9-21(51-20(18)11-49-54(46,55)52-19)41-13-34-22-24(32-12-33-25(22)41)37-28(44)16-6-4-3-5-7-16/h3-7,12-15,17-21,30,36H,8-11H2,1-2H3,(H,46,55)(H,32,33,37,44)(H2,38,39,40,43,45)/t17-,18-,19+,20+,21+,30+,54-/m0/s1. The molecule has 22 nitrogen and oxygen atoms in total. The number of amides is 2. The summed E-state index contributed by atoms with van der Waals surface area (Å²) in [5.74, 6) is -1.22. The highest BCUT2D eigenvalue weighted by Gasteiger charge is 2.46. The third-order valence-corrected chi connectivity index (χ3v) is 11.8. The van der Waals surface area contributed by atoms with Gasteiger partial charge in [-0.2, -0.15) is 18.1 Å². The Hall–Kier alpha value is -4.65. The van der Waals surface area contributed by atoms with Gasteiger partial charge in [0.25, 0.3) is 11.5 Å². The number of aromatic nitrogens is 8. The number of aromatic amines is 1. The lowest BCUT2D eigenvalue weighted by Gasteiger charge is -2.25. The predicted octanol–water partition coefficient (Wildman–Crippen LogP) is 2.05. The number of imidazole rings is 2. The SMILES string of the molecule is CC(C)C(=O)Nc1nc2c(ncn2[C@@H]2O[C@@H]3CNS(=O)(=O)O[C@H]4C[C@H](n5cnc6c(NC(=O)c7ccccc7)ncnc65)O[C@@H]4CO[P@](=O)(S)O[C@@H]2C3)c(=O)[nH]1. The van der Waals surface area contributed by atoms with Crippen LogP contribution in [0.15, 0.2) is 54.1 Å². The van der Waals surface area contributed by atoms with Crippen molar-refractivity contribution in [1.29, 1.82) is 0 Å². The van der Waals surface area contributed by atoms with Gasteiger partial charge in [0.1, 0.15) is 30.9 Å². The Balaban J connectivity index is 1.03. The number of nitrogens with zero attached hydrogens (tertiary/aromatic N) is 7. The first-order valence-corrected chi connectivity index (χ1v) is 21.3. The molecule has 2 amide bonds. The first-order valence-electron chi connectivity index (χ1n) is 17.2. The topological polar surface area (TPSA) is 275 Å². The highest BCUT2D eigenvalue weighted by Crippen LogP contribution is 2.57. The van der Waals surface area contributed by atoms with Crippen molar-refractivity contribution >= 4 is 75.3 Å². The summed E-state index contributed by atoms with van der Waals surface area (Å²) in [4.78, 5) is 61.8. The first kappa shape index (κ1) is 38.2. The number of hydrogen-bond donors (Lipinski definition) is 5. The zero-order valence-electron chi connectivity index (χ0n) is 29.4. The molecule has 4 N–H and O–H groups in total. The normalized spacial score (nSPS) is 28.0. The molecule has 296 valence electrons. The van der Waals surface area contributed by atoms with E-state index in [1.54, 1.807) is 44.2 Å². The van der Waals surface area contributed by atoms with Crippen molar-refractivity contribution in [3.05, 3.63) is 65.2 Å². The molecule has 7 atom stereocenters. The molecule has 56 heavy (non-hydrogen) atoms. The van der Waals surface area contributed by atoms with Crippen LogP contribution in [-0.4, -0.2) is 96.8 Å². The minimum atomic E-state index is -4.46. The van der Waals surface area contributed by atoms with Gasteiger partial charge >= 0.3 is 17.1 Å². The van der Waals surface area contributed by atoms with Crippen LogP contribution in [0.1, 0.15) is 49.5 Å². The molecule has 3 aliphatic heterocycles. The number of H-pyrrole nitrogens is 1. The van der Waals surface area contributed by atoms with Gasteiger partial charge in [-0.3, -0.25) is 47.0 Å². The van der Waals surface area contributed by atoms with Crippen LogP contribution < -0.4 is 20.9 Å². The van der Waals surface area contributed by atoms with E-state index in [9.17, 15) is 27.4 Å². The van der Waals surface area contributed by atoms with Crippen LogP contribution in [0.3, 0.4) is 0 Å². The van der Waals surface area contributed by atoms with E-state index in [1.807, 2.05) is 0 Å². The van der Waals surface area contributed by atoms with E-state index in [-0.39, 0.29) is 53.5 Å². The fraction of sp³-hybridized carbons (Fsp3) is 0.419. The van der Waals surface area contributed by atoms with Gasteiger partial charge in [0, 0.05) is 30.9 Å². The number of anilines is 2. The lowest BCUT2D eigenvalue weighted by molar-refractivity contribution is -0.118. The third kappa shape index (κ3) is 7.83. The maximum absolute atomic E-state index is 13.8. The Morgan fingerprint density at radius 3 is 2.52 bits per heavy atom. The average Bonchev–Trinajstić information content (AvgIpc) is 3.95. The number of fused-ring (bicyclic) bond motifs is 5. The van der Waals surface area contributed by atoms with Gasteiger partial charge in [-0.1, -0.05) is 44.3 Å². The van der Waals surface area contributed by atoms with Crippen molar-refractivity contribution in [2.45, 2.75) is 63.6 Å². The van der Waals surface area contributed by atoms with Crippen molar-refractivity contribution < 1.29 is 45.3 Å². The Labute approximate surface area is 322 Å². The number of benzene rings is 1. The first-order chi connectivity index (χ1) is 26.7. The molecule has 3 fully saturated rings. The molecule has 0 saturated carbocycles. The highest BCUT2D eigenvalue weighted by atomic mass is 32.7. The van der Waals surface area contributed by atoms with E-state index < -0.39 is 83.9 Å². The zero-order valence-corrected chi connectivity index (χ0v) is 32.0. The number of rotatable bonds is 6. The van der Waals surface area contributed by atoms with Gasteiger partial charge < -0.3 is 14.8 Å². The molecule has 4 aromatic heterocycles. The van der Waals surface area contributed by atoms with Gasteiger partial charge in [0.2, 0.25) is 11.9 Å². The zero-order chi connectivity index (χ0) is 39.4. The molecule has 7 heterocycles. The monoisotopic (exact) mass is 831 g/mol. The molecule has 0 radical (unpaired) electrons. The summed E-state index contributed by atoms with van der Waals surface area (Å²) in [7, 11) is -4.46. The van der Waals surface area contributed by atoms with Crippen LogP contribution in [0, 0.1) is 5.92 Å². The van der Waals surface area contributed by atoms with Gasteiger partial charge in [0.05, 0.1) is 25.4 Å². The van der Waals surface area contributed by atoms with Crippen LogP contribution in [0.25, 0.3) is 22.3 Å². The molecule has 25 heteroatoms. The number of ether oxygens (including phenoxy) is 2. The van der Waals surface area contributed by atoms with E-state index in [1.165, 1.54) is 28.1 Å². The number of carbonyl (C=O) groups is 2. The van der Waals surface area contributed by atoms with Gasteiger partial charge in [-0.25, -0.2) is 24.5 Å². The second kappa shape index (κ2) is 15.0. The minimum absolute atomic E-state index is 0.00299. The molecule has 5 aromatic rings. The summed E-state index contributed by atoms with van der Waals surface area (Å²) < 4.78 is 75.2. The second-order valence-corrected chi connectivity index (χ2v) is 17.6. The quantitative estimate of drug-likeness (QED) is 0.121. The summed E-state index contributed by atoms with van der Waals surface area (Å²) in [6, 6.07) is 8.52. The molecular weight excluding hydrogens is 798 g/mol. The molecule has 2 bridgehead atoms. The second-order valence-electron chi connectivity index (χ2n) is 13.3. The molecule has 0 unspecified atom stereocenters. The van der Waals surface area contributed by atoms with Crippen LogP contribution in [0.5, 0.6) is 0 Å². The third-order valence-electron chi connectivity index (χ3n) is 9.14. The molecular formula is C31H34N11O11PS2. The van der Waals surface area contributed by atoms with Crippen molar-refractivity contribution in [3.63, 3.8) is 0 Å². The number of carbonyl (C=O) groups excluding carboxylic acids is 2. The van der Waals surface area contributed by atoms with Gasteiger partial charge in [-0.15, -0.1) is 0 Å². The average molecular weight is 832 g/mol. The van der Waals surface area contributed by atoms with Crippen molar-refractivity contribution in [2.24, 2.45) is 5.92 Å². The maximum Gasteiger partial charge on any atom is 0.386 e. The van der Waals surface area contributed by atoms with Gasteiger partial charge in [-0.05, 0) is 12.1 Å². The Bertz CT molecular complexity index is 2530. The van der Waals surface area contributed by atoms with Crippen molar-refractivity contribution in [1.82, 2.24) is 43.8 Å². The Morgan fingerprint density at radius 2 is 1.73 bits per heavy atom.